The monoisotopic (exact) mass is 216 g/mol. The van der Waals surface area contributed by atoms with Crippen LogP contribution in [-0.4, -0.2) is 41.1 Å². The molecule has 5 nitrogen and oxygen atoms in total. The Labute approximate surface area is 90.4 Å². The van der Waals surface area contributed by atoms with Crippen molar-refractivity contribution in [1.82, 2.24) is 10.4 Å². The topological polar surface area (TPSA) is 69.6 Å². The number of carbonyl (C=O) groups is 2. The summed E-state index contributed by atoms with van der Waals surface area (Å²) in [5, 5.41) is 12.6. The molecule has 0 aromatic rings. The van der Waals surface area contributed by atoms with Crippen LogP contribution in [0, 0.1) is 5.92 Å². The van der Waals surface area contributed by atoms with Gasteiger partial charge in [-0.05, 0) is 0 Å². The first-order valence-electron chi connectivity index (χ1n) is 5.10. The van der Waals surface area contributed by atoms with Gasteiger partial charge in [0.25, 0.3) is 5.91 Å². The number of nitrogens with one attached hydrogen (secondary N) is 1. The second-order valence-electron chi connectivity index (χ2n) is 4.11. The molecule has 15 heavy (non-hydrogen) atoms. The lowest BCUT2D eigenvalue weighted by Gasteiger charge is -2.16. The van der Waals surface area contributed by atoms with Gasteiger partial charge in [0.15, 0.2) is 5.78 Å². The summed E-state index contributed by atoms with van der Waals surface area (Å²) in [6.45, 7) is 7.05. The highest BCUT2D eigenvalue weighted by Gasteiger charge is 2.16. The second kappa shape index (κ2) is 6.53. The van der Waals surface area contributed by atoms with Gasteiger partial charge in [0.05, 0.1) is 6.54 Å². The molecule has 0 atom stereocenters. The van der Waals surface area contributed by atoms with Gasteiger partial charge in [0.2, 0.25) is 0 Å². The van der Waals surface area contributed by atoms with E-state index in [1.54, 1.807) is 13.8 Å². The molecule has 0 aromatic carbocycles. The zero-order valence-corrected chi connectivity index (χ0v) is 9.78. The summed E-state index contributed by atoms with van der Waals surface area (Å²) in [6.07, 6.45) is 0. The number of amides is 1. The molecule has 0 aliphatic carbocycles. The molecular formula is C10H20N2O3. The predicted molar refractivity (Wildman–Crippen MR) is 56.5 cm³/mol. The Balaban J connectivity index is 3.94. The largest absolute Gasteiger partial charge is 0.306 e. The first-order valence-corrected chi connectivity index (χ1v) is 5.10. The molecule has 0 saturated heterocycles. The number of Topliss-reactive ketones (excluding diaryl/α,β-unsaturated/α-hetero) is 1. The summed E-state index contributed by atoms with van der Waals surface area (Å²) >= 11 is 0. The molecule has 0 aliphatic heterocycles. The van der Waals surface area contributed by atoms with E-state index in [2.05, 4.69) is 5.32 Å². The maximum atomic E-state index is 11.3. The average molecular weight is 216 g/mol. The van der Waals surface area contributed by atoms with Gasteiger partial charge in [-0.3, -0.25) is 14.8 Å². The van der Waals surface area contributed by atoms with E-state index in [1.165, 1.54) is 0 Å². The van der Waals surface area contributed by atoms with Gasteiger partial charge < -0.3 is 5.32 Å². The van der Waals surface area contributed by atoms with Crippen molar-refractivity contribution in [3.8, 4) is 0 Å². The van der Waals surface area contributed by atoms with Crippen molar-refractivity contribution >= 4 is 11.7 Å². The molecule has 0 aliphatic rings. The molecule has 88 valence electrons. The molecule has 0 unspecified atom stereocenters. The summed E-state index contributed by atoms with van der Waals surface area (Å²) in [4.78, 5) is 22.5. The van der Waals surface area contributed by atoms with Crippen molar-refractivity contribution in [2.75, 3.05) is 13.1 Å². The molecule has 0 aromatic heterocycles. The molecule has 5 heteroatoms. The highest BCUT2D eigenvalue weighted by atomic mass is 16.5. The summed E-state index contributed by atoms with van der Waals surface area (Å²) in [6, 6.07) is 0.170. The lowest BCUT2D eigenvalue weighted by Crippen LogP contribution is -2.41. The molecule has 2 N–H and O–H groups in total. The van der Waals surface area contributed by atoms with Gasteiger partial charge in [-0.25, -0.2) is 5.06 Å². The first kappa shape index (κ1) is 14.1. The highest BCUT2D eigenvalue weighted by Crippen LogP contribution is 1.96. The van der Waals surface area contributed by atoms with Crippen LogP contribution in [0.25, 0.3) is 0 Å². The Bertz CT molecular complexity index is 227. The quantitative estimate of drug-likeness (QED) is 0.499. The number of rotatable bonds is 6. The Morgan fingerprint density at radius 3 is 2.20 bits per heavy atom. The fourth-order valence-corrected chi connectivity index (χ4v) is 0.801. The summed E-state index contributed by atoms with van der Waals surface area (Å²) in [5.74, 6) is -0.821. The van der Waals surface area contributed by atoms with E-state index in [-0.39, 0.29) is 30.8 Å². The molecular weight excluding hydrogens is 196 g/mol. The highest BCUT2D eigenvalue weighted by molar-refractivity contribution is 5.87. The number of hydrogen-bond acceptors (Lipinski definition) is 4. The van der Waals surface area contributed by atoms with E-state index < -0.39 is 5.91 Å². The summed E-state index contributed by atoms with van der Waals surface area (Å²) in [7, 11) is 0. The summed E-state index contributed by atoms with van der Waals surface area (Å²) < 4.78 is 0. The maximum Gasteiger partial charge on any atom is 0.260 e. The molecule has 0 heterocycles. The van der Waals surface area contributed by atoms with Gasteiger partial charge in [-0.2, -0.15) is 0 Å². The molecule has 0 saturated carbocycles. The van der Waals surface area contributed by atoms with Gasteiger partial charge in [-0.1, -0.05) is 27.7 Å². The Hall–Kier alpha value is -0.940. The smallest absolute Gasteiger partial charge is 0.260 e. The molecule has 0 fully saturated rings. The third-order valence-corrected chi connectivity index (χ3v) is 1.90. The fraction of sp³-hybridized carbons (Fsp3) is 0.800. The Kier molecular flexibility index (Phi) is 6.12. The van der Waals surface area contributed by atoms with Crippen molar-refractivity contribution in [1.29, 1.82) is 0 Å². The van der Waals surface area contributed by atoms with Crippen LogP contribution < -0.4 is 5.32 Å². The van der Waals surface area contributed by atoms with Crippen LogP contribution in [0.3, 0.4) is 0 Å². The van der Waals surface area contributed by atoms with Crippen molar-refractivity contribution in [2.24, 2.45) is 5.92 Å². The van der Waals surface area contributed by atoms with E-state index in [9.17, 15) is 14.8 Å². The normalized spacial score (nSPS) is 10.9. The van der Waals surface area contributed by atoms with E-state index in [4.69, 9.17) is 0 Å². The van der Waals surface area contributed by atoms with E-state index in [0.29, 0.717) is 5.06 Å². The lowest BCUT2D eigenvalue weighted by molar-refractivity contribution is -0.168. The molecule has 0 spiro atoms. The zero-order chi connectivity index (χ0) is 12.0. The third-order valence-electron chi connectivity index (χ3n) is 1.90. The second-order valence-corrected chi connectivity index (χ2v) is 4.11. The van der Waals surface area contributed by atoms with E-state index in [1.807, 2.05) is 13.8 Å². The number of ketones is 1. The standard InChI is InChI=1S/C10H20N2O3/c1-7(2)9(13)6-12(15)10(14)5-11-8(3)4/h7-8,11,15H,5-6H2,1-4H3. The fourth-order valence-electron chi connectivity index (χ4n) is 0.801. The van der Waals surface area contributed by atoms with Gasteiger partial charge >= 0.3 is 0 Å². The van der Waals surface area contributed by atoms with Crippen LogP contribution in [0.5, 0.6) is 0 Å². The van der Waals surface area contributed by atoms with Crippen LogP contribution in [0.1, 0.15) is 27.7 Å². The van der Waals surface area contributed by atoms with Crippen molar-refractivity contribution in [3.63, 3.8) is 0 Å². The molecule has 0 rings (SSSR count). The molecule has 1 amide bonds. The lowest BCUT2D eigenvalue weighted by atomic mass is 10.1. The van der Waals surface area contributed by atoms with Crippen LogP contribution >= 0.6 is 0 Å². The Morgan fingerprint density at radius 1 is 1.27 bits per heavy atom. The zero-order valence-electron chi connectivity index (χ0n) is 9.78. The summed E-state index contributed by atoms with van der Waals surface area (Å²) in [5.41, 5.74) is 0. The number of carbonyl (C=O) groups excluding carboxylic acids is 2. The number of hydrogen-bond donors (Lipinski definition) is 2. The van der Waals surface area contributed by atoms with E-state index in [0.717, 1.165) is 0 Å². The SMILES string of the molecule is CC(C)NCC(=O)N(O)CC(=O)C(C)C. The van der Waals surface area contributed by atoms with Gasteiger partial charge in [-0.15, -0.1) is 0 Å². The first-order chi connectivity index (χ1) is 6.84. The van der Waals surface area contributed by atoms with Crippen molar-refractivity contribution in [2.45, 2.75) is 33.7 Å². The van der Waals surface area contributed by atoms with Crippen LogP contribution in [-0.2, 0) is 9.59 Å². The Morgan fingerprint density at radius 2 is 1.80 bits per heavy atom. The third kappa shape index (κ3) is 6.19. The van der Waals surface area contributed by atoms with Crippen LogP contribution in [0.2, 0.25) is 0 Å². The van der Waals surface area contributed by atoms with Crippen molar-refractivity contribution in [3.05, 3.63) is 0 Å². The number of nitrogens with zero attached hydrogens (tertiary/aromatic N) is 1. The predicted octanol–water partition coefficient (Wildman–Crippen LogP) is 0.427. The minimum absolute atomic E-state index is 0.0412. The van der Waals surface area contributed by atoms with Crippen LogP contribution in [0.4, 0.5) is 0 Å². The minimum Gasteiger partial charge on any atom is -0.306 e. The maximum absolute atomic E-state index is 11.3. The van der Waals surface area contributed by atoms with Gasteiger partial charge in [0, 0.05) is 12.0 Å². The average Bonchev–Trinajstić information content (AvgIpc) is 2.13. The number of hydroxylamine groups is 2. The van der Waals surface area contributed by atoms with Crippen LogP contribution in [0.15, 0.2) is 0 Å². The van der Waals surface area contributed by atoms with E-state index >= 15 is 0 Å². The van der Waals surface area contributed by atoms with Crippen molar-refractivity contribution < 1.29 is 14.8 Å². The molecule has 0 radical (unpaired) electrons. The molecule has 0 bridgehead atoms. The van der Waals surface area contributed by atoms with Gasteiger partial charge in [0.1, 0.15) is 6.54 Å². The minimum atomic E-state index is -0.488.